The van der Waals surface area contributed by atoms with Crippen LogP contribution in [0, 0.1) is 0 Å². The monoisotopic (exact) mass is 351 g/mol. The third-order valence-corrected chi connectivity index (χ3v) is 3.50. The fourth-order valence-corrected chi connectivity index (χ4v) is 2.27. The highest BCUT2D eigenvalue weighted by atomic mass is 32.1. The van der Waals surface area contributed by atoms with E-state index in [4.69, 9.17) is 17.3 Å². The number of hydrogen-bond acceptors (Lipinski definition) is 4. The van der Waals surface area contributed by atoms with Gasteiger partial charge in [-0.1, -0.05) is 31.9 Å². The molecule has 1 aromatic rings. The predicted molar refractivity (Wildman–Crippen MR) is 99.0 cm³/mol. The van der Waals surface area contributed by atoms with Crippen LogP contribution < -0.4 is 16.0 Å². The summed E-state index contributed by atoms with van der Waals surface area (Å²) in [4.78, 5) is 23.9. The number of rotatable bonds is 9. The largest absolute Gasteiger partial charge is 0.396 e. The summed E-state index contributed by atoms with van der Waals surface area (Å²) in [5, 5.41) is 17.2. The Bertz CT molecular complexity index is 564. The van der Waals surface area contributed by atoms with Gasteiger partial charge in [-0.15, -0.1) is 0 Å². The molecular formula is C17H25N3O3S. The number of hydrogen-bond donors (Lipinski definition) is 4. The molecule has 1 aromatic carbocycles. The van der Waals surface area contributed by atoms with E-state index in [0.717, 1.165) is 19.3 Å². The van der Waals surface area contributed by atoms with Gasteiger partial charge >= 0.3 is 0 Å². The van der Waals surface area contributed by atoms with Crippen LogP contribution in [-0.4, -0.2) is 35.2 Å². The summed E-state index contributed by atoms with van der Waals surface area (Å²) in [6.07, 6.45) is 3.81. The molecule has 4 N–H and O–H groups in total. The first-order valence-electron chi connectivity index (χ1n) is 8.17. The van der Waals surface area contributed by atoms with Crippen LogP contribution in [0.5, 0.6) is 0 Å². The Morgan fingerprint density at radius 1 is 1.17 bits per heavy atom. The SMILES string of the molecule is CCCCCC(=O)NC(=S)Nc1ccccc1C(=O)NCCCO. The maximum Gasteiger partial charge on any atom is 0.253 e. The molecule has 0 saturated heterocycles. The molecule has 0 unspecified atom stereocenters. The van der Waals surface area contributed by atoms with Crippen molar-refractivity contribution in [3.05, 3.63) is 29.8 Å². The summed E-state index contributed by atoms with van der Waals surface area (Å²) < 4.78 is 0. The van der Waals surface area contributed by atoms with E-state index in [1.165, 1.54) is 0 Å². The number of amides is 2. The zero-order chi connectivity index (χ0) is 17.8. The number of carbonyl (C=O) groups excluding carboxylic acids is 2. The number of anilines is 1. The third-order valence-electron chi connectivity index (χ3n) is 3.30. The van der Waals surface area contributed by atoms with E-state index < -0.39 is 0 Å². The zero-order valence-corrected chi connectivity index (χ0v) is 14.7. The normalized spacial score (nSPS) is 10.1. The van der Waals surface area contributed by atoms with Crippen molar-refractivity contribution in [2.75, 3.05) is 18.5 Å². The third kappa shape index (κ3) is 7.52. The molecule has 0 aliphatic heterocycles. The Labute approximate surface area is 148 Å². The summed E-state index contributed by atoms with van der Waals surface area (Å²) in [5.41, 5.74) is 0.955. The van der Waals surface area contributed by atoms with Crippen LogP contribution in [0.15, 0.2) is 24.3 Å². The van der Waals surface area contributed by atoms with Crippen LogP contribution in [0.1, 0.15) is 49.4 Å². The van der Waals surface area contributed by atoms with E-state index in [9.17, 15) is 9.59 Å². The lowest BCUT2D eigenvalue weighted by atomic mass is 10.1. The average molecular weight is 351 g/mol. The quantitative estimate of drug-likeness (QED) is 0.404. The van der Waals surface area contributed by atoms with Gasteiger partial charge in [0.15, 0.2) is 5.11 Å². The standard InChI is InChI=1S/C17H25N3O3S/c1-2-3-4-10-15(22)20-17(24)19-14-9-6-5-8-13(14)16(23)18-11-7-12-21/h5-6,8-9,21H,2-4,7,10-12H2,1H3,(H,18,23)(H2,19,20,22,24). The second-order valence-electron chi connectivity index (χ2n) is 5.34. The van der Waals surface area contributed by atoms with Gasteiger partial charge in [0.25, 0.3) is 5.91 Å². The minimum absolute atomic E-state index is 0.0221. The first-order chi connectivity index (χ1) is 11.6. The van der Waals surface area contributed by atoms with Gasteiger partial charge in [0, 0.05) is 19.6 Å². The number of aliphatic hydroxyl groups is 1. The molecule has 2 amide bonds. The Hall–Kier alpha value is -1.99. The van der Waals surface area contributed by atoms with Gasteiger partial charge in [-0.2, -0.15) is 0 Å². The number of unbranched alkanes of at least 4 members (excludes halogenated alkanes) is 2. The van der Waals surface area contributed by atoms with Crippen molar-refractivity contribution in [1.29, 1.82) is 0 Å². The Balaban J connectivity index is 2.59. The molecule has 1 rings (SSSR count). The maximum atomic E-state index is 12.2. The predicted octanol–water partition coefficient (Wildman–Crippen LogP) is 2.19. The summed E-state index contributed by atoms with van der Waals surface area (Å²) in [5.74, 6) is -0.394. The summed E-state index contributed by atoms with van der Waals surface area (Å²) in [7, 11) is 0. The highest BCUT2D eigenvalue weighted by Crippen LogP contribution is 2.14. The lowest BCUT2D eigenvalue weighted by molar-refractivity contribution is -0.119. The molecule has 6 nitrogen and oxygen atoms in total. The molecule has 24 heavy (non-hydrogen) atoms. The second kappa shape index (κ2) is 11.5. The lowest BCUT2D eigenvalue weighted by Gasteiger charge is -2.13. The van der Waals surface area contributed by atoms with E-state index in [2.05, 4.69) is 22.9 Å². The fourth-order valence-electron chi connectivity index (χ4n) is 2.04. The minimum Gasteiger partial charge on any atom is -0.396 e. The summed E-state index contributed by atoms with van der Waals surface area (Å²) in [6, 6.07) is 6.91. The van der Waals surface area contributed by atoms with Gasteiger partial charge < -0.3 is 21.1 Å². The van der Waals surface area contributed by atoms with Crippen molar-refractivity contribution in [2.24, 2.45) is 0 Å². The number of carbonyl (C=O) groups is 2. The number of thiocarbonyl (C=S) groups is 1. The zero-order valence-electron chi connectivity index (χ0n) is 13.9. The fraction of sp³-hybridized carbons (Fsp3) is 0.471. The molecule has 0 atom stereocenters. The molecule has 0 aromatic heterocycles. The van der Waals surface area contributed by atoms with Crippen LogP contribution in [-0.2, 0) is 4.79 Å². The van der Waals surface area contributed by atoms with Crippen molar-refractivity contribution < 1.29 is 14.7 Å². The van der Waals surface area contributed by atoms with Crippen LogP contribution in [0.3, 0.4) is 0 Å². The second-order valence-corrected chi connectivity index (χ2v) is 5.75. The van der Waals surface area contributed by atoms with E-state index in [-0.39, 0.29) is 23.5 Å². The van der Waals surface area contributed by atoms with Crippen molar-refractivity contribution in [2.45, 2.75) is 39.0 Å². The van der Waals surface area contributed by atoms with E-state index in [0.29, 0.717) is 30.6 Å². The smallest absolute Gasteiger partial charge is 0.253 e. The molecular weight excluding hydrogens is 326 g/mol. The maximum absolute atomic E-state index is 12.2. The molecule has 0 aliphatic carbocycles. The van der Waals surface area contributed by atoms with Gasteiger partial charge in [-0.25, -0.2) is 0 Å². The summed E-state index contributed by atoms with van der Waals surface area (Å²) in [6.45, 7) is 2.49. The van der Waals surface area contributed by atoms with E-state index >= 15 is 0 Å². The number of benzene rings is 1. The number of para-hydroxylation sites is 1. The van der Waals surface area contributed by atoms with Gasteiger partial charge in [0.05, 0.1) is 11.3 Å². The van der Waals surface area contributed by atoms with Gasteiger partial charge in [0.2, 0.25) is 5.91 Å². The van der Waals surface area contributed by atoms with Crippen LogP contribution in [0.2, 0.25) is 0 Å². The molecule has 0 aliphatic rings. The molecule has 0 saturated carbocycles. The lowest BCUT2D eigenvalue weighted by Crippen LogP contribution is -2.35. The van der Waals surface area contributed by atoms with Crippen molar-refractivity contribution >= 4 is 34.8 Å². The van der Waals surface area contributed by atoms with E-state index in [1.807, 2.05) is 0 Å². The highest BCUT2D eigenvalue weighted by molar-refractivity contribution is 7.80. The van der Waals surface area contributed by atoms with Crippen molar-refractivity contribution in [3.8, 4) is 0 Å². The molecule has 7 heteroatoms. The van der Waals surface area contributed by atoms with Gasteiger partial charge in [0.1, 0.15) is 0 Å². The van der Waals surface area contributed by atoms with Gasteiger partial charge in [-0.05, 0) is 37.2 Å². The molecule has 0 radical (unpaired) electrons. The van der Waals surface area contributed by atoms with Crippen molar-refractivity contribution in [1.82, 2.24) is 10.6 Å². The Morgan fingerprint density at radius 2 is 1.92 bits per heavy atom. The first kappa shape index (κ1) is 20.1. The van der Waals surface area contributed by atoms with Crippen molar-refractivity contribution in [3.63, 3.8) is 0 Å². The van der Waals surface area contributed by atoms with E-state index in [1.54, 1.807) is 24.3 Å². The highest BCUT2D eigenvalue weighted by Gasteiger charge is 2.12. The molecule has 132 valence electrons. The molecule has 0 spiro atoms. The number of nitrogens with one attached hydrogen (secondary N) is 3. The van der Waals surface area contributed by atoms with Crippen LogP contribution in [0.4, 0.5) is 5.69 Å². The topological polar surface area (TPSA) is 90.5 Å². The number of aliphatic hydroxyl groups excluding tert-OH is 1. The molecule has 0 fully saturated rings. The Kier molecular flexibility index (Phi) is 9.64. The Morgan fingerprint density at radius 3 is 2.62 bits per heavy atom. The first-order valence-corrected chi connectivity index (χ1v) is 8.58. The molecule has 0 heterocycles. The van der Waals surface area contributed by atoms with Gasteiger partial charge in [-0.3, -0.25) is 9.59 Å². The van der Waals surface area contributed by atoms with Crippen LogP contribution >= 0.6 is 12.2 Å². The minimum atomic E-state index is -0.261. The molecule has 0 bridgehead atoms. The van der Waals surface area contributed by atoms with Crippen LogP contribution in [0.25, 0.3) is 0 Å². The average Bonchev–Trinajstić information content (AvgIpc) is 2.55. The summed E-state index contributed by atoms with van der Waals surface area (Å²) >= 11 is 5.14.